The molecule has 0 spiro atoms. The van der Waals surface area contributed by atoms with Gasteiger partial charge in [0.15, 0.2) is 0 Å². The molecule has 0 aromatic heterocycles. The molecule has 0 aliphatic carbocycles. The predicted octanol–water partition coefficient (Wildman–Crippen LogP) is 4.63. The monoisotopic (exact) mass is 352 g/mol. The van der Waals surface area contributed by atoms with Crippen LogP contribution in [0.2, 0.25) is 0 Å². The molecule has 25 heavy (non-hydrogen) atoms. The van der Waals surface area contributed by atoms with E-state index in [-0.39, 0.29) is 6.42 Å². The number of allylic oxidation sites excluding steroid dienone is 3. The van der Waals surface area contributed by atoms with Gasteiger partial charge in [0.2, 0.25) is 0 Å². The van der Waals surface area contributed by atoms with Crippen LogP contribution in [0.15, 0.2) is 36.0 Å². The van der Waals surface area contributed by atoms with Crippen LogP contribution in [-0.4, -0.2) is 32.5 Å². The van der Waals surface area contributed by atoms with Crippen molar-refractivity contribution in [3.8, 4) is 0 Å². The van der Waals surface area contributed by atoms with Crippen LogP contribution in [-0.2, 0) is 4.79 Å². The SMILES string of the molecule is CC/C=C/C(CC)C/C(C)=C/C(O)(CC)CC(O)(/C=C/C(=O)O)CC. The van der Waals surface area contributed by atoms with Gasteiger partial charge in [-0.25, -0.2) is 4.79 Å². The molecule has 0 saturated carbocycles. The third-order valence-corrected chi connectivity index (χ3v) is 4.64. The van der Waals surface area contributed by atoms with E-state index in [2.05, 4.69) is 26.0 Å². The molecule has 0 saturated heterocycles. The standard InChI is InChI=1S/C21H36O4/c1-6-10-11-18(7-2)14-17(5)15-21(25,9-4)16-20(24,8-3)13-12-19(22)23/h10-13,15,18,24-25H,6-9,14,16H2,1-5H3,(H,22,23)/b11-10+,13-12+,17-15+. The second kappa shape index (κ2) is 11.3. The minimum absolute atomic E-state index is 0.0791. The minimum Gasteiger partial charge on any atom is -0.478 e. The highest BCUT2D eigenvalue weighted by atomic mass is 16.4. The molecule has 4 nitrogen and oxygen atoms in total. The zero-order valence-corrected chi connectivity index (χ0v) is 16.5. The molecule has 0 amide bonds. The van der Waals surface area contributed by atoms with Gasteiger partial charge in [0.25, 0.3) is 0 Å². The largest absolute Gasteiger partial charge is 0.478 e. The highest BCUT2D eigenvalue weighted by Crippen LogP contribution is 2.31. The summed E-state index contributed by atoms with van der Waals surface area (Å²) in [7, 11) is 0. The van der Waals surface area contributed by atoms with Gasteiger partial charge in [-0.1, -0.05) is 51.5 Å². The van der Waals surface area contributed by atoms with E-state index in [4.69, 9.17) is 5.11 Å². The third kappa shape index (κ3) is 9.61. The van der Waals surface area contributed by atoms with Crippen molar-refractivity contribution < 1.29 is 20.1 Å². The van der Waals surface area contributed by atoms with Crippen molar-refractivity contribution in [2.75, 3.05) is 0 Å². The van der Waals surface area contributed by atoms with E-state index in [1.165, 1.54) is 6.08 Å². The van der Waals surface area contributed by atoms with Gasteiger partial charge in [0, 0.05) is 12.5 Å². The molecule has 0 aromatic carbocycles. The van der Waals surface area contributed by atoms with Gasteiger partial charge in [-0.05, 0) is 51.0 Å². The Morgan fingerprint density at radius 3 is 2.12 bits per heavy atom. The summed E-state index contributed by atoms with van der Waals surface area (Å²) in [5.41, 5.74) is -1.42. The van der Waals surface area contributed by atoms with Crippen LogP contribution in [0.25, 0.3) is 0 Å². The second-order valence-corrected chi connectivity index (χ2v) is 6.96. The fraction of sp³-hybridized carbons (Fsp3) is 0.667. The lowest BCUT2D eigenvalue weighted by Crippen LogP contribution is -2.38. The maximum atomic E-state index is 10.9. The number of hydrogen-bond donors (Lipinski definition) is 3. The molecule has 0 radical (unpaired) electrons. The summed E-state index contributed by atoms with van der Waals surface area (Å²) in [6.07, 6.45) is 12.2. The Morgan fingerprint density at radius 2 is 1.68 bits per heavy atom. The van der Waals surface area contributed by atoms with Crippen molar-refractivity contribution in [1.29, 1.82) is 0 Å². The summed E-state index contributed by atoms with van der Waals surface area (Å²) < 4.78 is 0. The van der Waals surface area contributed by atoms with Gasteiger partial charge in [0.05, 0.1) is 11.2 Å². The fourth-order valence-corrected chi connectivity index (χ4v) is 2.94. The van der Waals surface area contributed by atoms with Gasteiger partial charge >= 0.3 is 5.97 Å². The van der Waals surface area contributed by atoms with Crippen molar-refractivity contribution in [2.45, 2.75) is 84.3 Å². The van der Waals surface area contributed by atoms with E-state index < -0.39 is 17.2 Å². The van der Waals surface area contributed by atoms with Gasteiger partial charge in [-0.3, -0.25) is 0 Å². The number of carbonyl (C=O) groups is 1. The Kier molecular flexibility index (Phi) is 10.6. The fourth-order valence-electron chi connectivity index (χ4n) is 2.94. The molecular formula is C21H36O4. The normalized spacial score (nSPS) is 19.1. The maximum absolute atomic E-state index is 10.9. The van der Waals surface area contributed by atoms with Gasteiger partial charge in [-0.15, -0.1) is 0 Å². The Labute approximate surface area is 153 Å². The first kappa shape index (κ1) is 23.6. The van der Waals surface area contributed by atoms with Crippen molar-refractivity contribution in [3.63, 3.8) is 0 Å². The molecule has 0 bridgehead atoms. The summed E-state index contributed by atoms with van der Waals surface area (Å²) in [5, 5.41) is 30.4. The van der Waals surface area contributed by atoms with Gasteiger partial charge in [0.1, 0.15) is 0 Å². The highest BCUT2D eigenvalue weighted by Gasteiger charge is 2.34. The molecule has 144 valence electrons. The topological polar surface area (TPSA) is 77.8 Å². The number of aliphatic carboxylic acids is 1. The lowest BCUT2D eigenvalue weighted by atomic mass is 9.81. The van der Waals surface area contributed by atoms with Gasteiger partial charge < -0.3 is 15.3 Å². The lowest BCUT2D eigenvalue weighted by Gasteiger charge is -2.33. The lowest BCUT2D eigenvalue weighted by molar-refractivity contribution is -0.131. The zero-order chi connectivity index (χ0) is 19.5. The maximum Gasteiger partial charge on any atom is 0.328 e. The first-order chi connectivity index (χ1) is 11.6. The van der Waals surface area contributed by atoms with E-state index >= 15 is 0 Å². The van der Waals surface area contributed by atoms with Crippen molar-refractivity contribution in [2.24, 2.45) is 5.92 Å². The minimum atomic E-state index is -1.34. The van der Waals surface area contributed by atoms with Crippen LogP contribution >= 0.6 is 0 Å². The van der Waals surface area contributed by atoms with Crippen LogP contribution in [0.4, 0.5) is 0 Å². The smallest absolute Gasteiger partial charge is 0.328 e. The first-order valence-corrected chi connectivity index (χ1v) is 9.35. The van der Waals surface area contributed by atoms with E-state index in [1.807, 2.05) is 19.9 Å². The molecule has 0 aliphatic rings. The molecule has 4 heteroatoms. The summed E-state index contributed by atoms with van der Waals surface area (Å²) >= 11 is 0. The number of carboxylic acids is 1. The molecule has 0 aromatic rings. The Bertz CT molecular complexity index is 492. The van der Waals surface area contributed by atoms with Crippen LogP contribution in [0.5, 0.6) is 0 Å². The van der Waals surface area contributed by atoms with Crippen LogP contribution in [0.1, 0.15) is 73.1 Å². The molecule has 0 aliphatic heterocycles. The summed E-state index contributed by atoms with van der Waals surface area (Å²) in [6, 6.07) is 0. The Hall–Kier alpha value is -1.39. The van der Waals surface area contributed by atoms with Crippen molar-refractivity contribution >= 4 is 5.97 Å². The molecule has 3 N–H and O–H groups in total. The molecule has 0 fully saturated rings. The zero-order valence-electron chi connectivity index (χ0n) is 16.5. The van der Waals surface area contributed by atoms with Gasteiger partial charge in [-0.2, -0.15) is 0 Å². The number of hydrogen-bond acceptors (Lipinski definition) is 3. The van der Waals surface area contributed by atoms with Crippen LogP contribution < -0.4 is 0 Å². The van der Waals surface area contributed by atoms with Crippen molar-refractivity contribution in [3.05, 3.63) is 36.0 Å². The average Bonchev–Trinajstić information content (AvgIpc) is 2.56. The molecule has 3 unspecified atom stereocenters. The summed E-state index contributed by atoms with van der Waals surface area (Å²) in [4.78, 5) is 10.7. The van der Waals surface area contributed by atoms with Crippen molar-refractivity contribution in [1.82, 2.24) is 0 Å². The quantitative estimate of drug-likeness (QED) is 0.353. The Balaban J connectivity index is 5.29. The van der Waals surface area contributed by atoms with Crippen LogP contribution in [0, 0.1) is 5.92 Å². The number of rotatable bonds is 12. The van der Waals surface area contributed by atoms with E-state index in [0.29, 0.717) is 18.8 Å². The Morgan fingerprint density at radius 1 is 1.08 bits per heavy atom. The van der Waals surface area contributed by atoms with E-state index in [9.17, 15) is 15.0 Å². The second-order valence-electron chi connectivity index (χ2n) is 6.96. The summed E-state index contributed by atoms with van der Waals surface area (Å²) in [5.74, 6) is -0.665. The van der Waals surface area contributed by atoms with E-state index in [1.54, 1.807) is 6.92 Å². The molecule has 0 heterocycles. The predicted molar refractivity (Wildman–Crippen MR) is 103 cm³/mol. The van der Waals surface area contributed by atoms with Crippen LogP contribution in [0.3, 0.4) is 0 Å². The third-order valence-electron chi connectivity index (χ3n) is 4.64. The molecule has 3 atom stereocenters. The summed E-state index contributed by atoms with van der Waals surface area (Å²) in [6.45, 7) is 9.91. The number of carboxylic acid groups (broad SMARTS) is 1. The highest BCUT2D eigenvalue weighted by molar-refractivity contribution is 5.79. The molecular weight excluding hydrogens is 316 g/mol. The first-order valence-electron chi connectivity index (χ1n) is 9.35. The van der Waals surface area contributed by atoms with E-state index in [0.717, 1.165) is 30.9 Å². The average molecular weight is 353 g/mol. The number of aliphatic hydroxyl groups is 2. The molecule has 0 rings (SSSR count).